The summed E-state index contributed by atoms with van der Waals surface area (Å²) in [7, 11) is 0. The fraction of sp³-hybridized carbons (Fsp3) is 0.0588. The minimum Gasteiger partial charge on any atom is -0.323 e. The number of aromatic nitrogens is 2. The number of anilines is 2. The normalized spacial score (nSPS) is 10.6. The summed E-state index contributed by atoms with van der Waals surface area (Å²) in [6, 6.07) is 13.6. The molecule has 0 radical (unpaired) electrons. The fourth-order valence-electron chi connectivity index (χ4n) is 2.20. The van der Waals surface area contributed by atoms with E-state index in [1.54, 1.807) is 6.07 Å². The predicted molar refractivity (Wildman–Crippen MR) is 89.7 cm³/mol. The maximum absolute atomic E-state index is 14.0. The van der Waals surface area contributed by atoms with Crippen LogP contribution >= 0.6 is 11.6 Å². The van der Waals surface area contributed by atoms with Crippen molar-refractivity contribution in [3.63, 3.8) is 0 Å². The molecular weight excluding hydrogens is 317 g/mol. The average molecular weight is 330 g/mol. The highest BCUT2D eigenvalue weighted by atomic mass is 35.5. The number of aromatic amines is 1. The molecule has 23 heavy (non-hydrogen) atoms. The van der Waals surface area contributed by atoms with Gasteiger partial charge in [0.05, 0.1) is 16.4 Å². The van der Waals surface area contributed by atoms with Crippen LogP contribution in [0, 0.1) is 12.7 Å². The standard InChI is InChI=1S/C17H13ClFN3O/c1-10-4-2-5-11(8-10)14-9-15(23)22-17(21-14)20-13-7-3-6-12(18)16(13)19/h2-9H,1H3,(H2,20,21,22,23). The van der Waals surface area contributed by atoms with Crippen LogP contribution in [0.1, 0.15) is 5.56 Å². The Kier molecular flexibility index (Phi) is 4.12. The zero-order valence-electron chi connectivity index (χ0n) is 12.2. The van der Waals surface area contributed by atoms with Crippen molar-refractivity contribution in [3.05, 3.63) is 75.3 Å². The molecule has 0 aliphatic rings. The summed E-state index contributed by atoms with van der Waals surface area (Å²) in [5.41, 5.74) is 2.18. The summed E-state index contributed by atoms with van der Waals surface area (Å²) in [6.45, 7) is 1.96. The molecule has 0 fully saturated rings. The van der Waals surface area contributed by atoms with E-state index >= 15 is 0 Å². The van der Waals surface area contributed by atoms with Crippen LogP contribution in [0.4, 0.5) is 16.0 Å². The van der Waals surface area contributed by atoms with Gasteiger partial charge in [-0.3, -0.25) is 9.78 Å². The molecule has 0 aliphatic carbocycles. The molecule has 2 aromatic carbocycles. The van der Waals surface area contributed by atoms with Gasteiger partial charge in [0.2, 0.25) is 5.95 Å². The molecule has 0 saturated carbocycles. The number of hydrogen-bond donors (Lipinski definition) is 2. The molecule has 6 heteroatoms. The Labute approximate surface area is 137 Å². The minimum absolute atomic E-state index is 0.00724. The van der Waals surface area contributed by atoms with Gasteiger partial charge in [-0.25, -0.2) is 9.37 Å². The van der Waals surface area contributed by atoms with Crippen LogP contribution in [-0.2, 0) is 0 Å². The second-order valence-electron chi connectivity index (χ2n) is 5.08. The van der Waals surface area contributed by atoms with Crippen molar-refractivity contribution in [3.8, 4) is 11.3 Å². The highest BCUT2D eigenvalue weighted by molar-refractivity contribution is 6.31. The molecule has 2 N–H and O–H groups in total. The van der Waals surface area contributed by atoms with E-state index in [1.807, 2.05) is 31.2 Å². The first kappa shape index (κ1) is 15.2. The van der Waals surface area contributed by atoms with Gasteiger partial charge in [0.1, 0.15) is 0 Å². The van der Waals surface area contributed by atoms with Crippen molar-refractivity contribution in [2.24, 2.45) is 0 Å². The van der Waals surface area contributed by atoms with Crippen LogP contribution in [0.5, 0.6) is 0 Å². The minimum atomic E-state index is -0.599. The summed E-state index contributed by atoms with van der Waals surface area (Å²) < 4.78 is 14.0. The Morgan fingerprint density at radius 3 is 2.74 bits per heavy atom. The zero-order chi connectivity index (χ0) is 16.4. The van der Waals surface area contributed by atoms with Crippen LogP contribution in [0.25, 0.3) is 11.3 Å². The van der Waals surface area contributed by atoms with E-state index in [0.717, 1.165) is 11.1 Å². The predicted octanol–water partition coefficient (Wildman–Crippen LogP) is 4.28. The number of H-pyrrole nitrogens is 1. The van der Waals surface area contributed by atoms with E-state index in [0.29, 0.717) is 5.69 Å². The number of aryl methyl sites for hydroxylation is 1. The van der Waals surface area contributed by atoms with E-state index in [-0.39, 0.29) is 22.2 Å². The van der Waals surface area contributed by atoms with E-state index in [9.17, 15) is 9.18 Å². The number of hydrogen-bond acceptors (Lipinski definition) is 3. The molecule has 3 rings (SSSR count). The lowest BCUT2D eigenvalue weighted by Gasteiger charge is -2.09. The Balaban J connectivity index is 2.01. The third-order valence-electron chi connectivity index (χ3n) is 3.26. The number of halogens is 2. The molecule has 0 bridgehead atoms. The molecule has 116 valence electrons. The van der Waals surface area contributed by atoms with Gasteiger partial charge < -0.3 is 5.32 Å². The SMILES string of the molecule is Cc1cccc(-c2cc(=O)[nH]c(Nc3cccc(Cl)c3F)n2)c1. The van der Waals surface area contributed by atoms with E-state index < -0.39 is 5.82 Å². The Hall–Kier alpha value is -2.66. The summed E-state index contributed by atoms with van der Waals surface area (Å²) in [5.74, 6) is -0.451. The highest BCUT2D eigenvalue weighted by Gasteiger charge is 2.09. The first-order chi connectivity index (χ1) is 11.0. The van der Waals surface area contributed by atoms with Gasteiger partial charge in [0.15, 0.2) is 5.82 Å². The maximum Gasteiger partial charge on any atom is 0.252 e. The monoisotopic (exact) mass is 329 g/mol. The summed E-state index contributed by atoms with van der Waals surface area (Å²) in [5, 5.41) is 2.75. The molecule has 0 amide bonds. The maximum atomic E-state index is 14.0. The van der Waals surface area contributed by atoms with Crippen molar-refractivity contribution < 1.29 is 4.39 Å². The Morgan fingerprint density at radius 1 is 1.17 bits per heavy atom. The van der Waals surface area contributed by atoms with Crippen molar-refractivity contribution in [1.29, 1.82) is 0 Å². The van der Waals surface area contributed by atoms with Gasteiger partial charge in [-0.1, -0.05) is 41.4 Å². The molecule has 0 spiro atoms. The lowest BCUT2D eigenvalue weighted by Crippen LogP contribution is -2.11. The van der Waals surface area contributed by atoms with Gasteiger partial charge in [0.25, 0.3) is 5.56 Å². The molecule has 3 aromatic rings. The van der Waals surface area contributed by atoms with Crippen molar-refractivity contribution in [2.75, 3.05) is 5.32 Å². The number of rotatable bonds is 3. The summed E-state index contributed by atoms with van der Waals surface area (Å²) in [6.07, 6.45) is 0. The number of nitrogens with zero attached hydrogens (tertiary/aromatic N) is 1. The van der Waals surface area contributed by atoms with Gasteiger partial charge >= 0.3 is 0 Å². The second-order valence-corrected chi connectivity index (χ2v) is 5.48. The topological polar surface area (TPSA) is 57.8 Å². The van der Waals surface area contributed by atoms with Crippen molar-refractivity contribution in [1.82, 2.24) is 9.97 Å². The Morgan fingerprint density at radius 2 is 1.96 bits per heavy atom. The smallest absolute Gasteiger partial charge is 0.252 e. The third-order valence-corrected chi connectivity index (χ3v) is 3.55. The second kappa shape index (κ2) is 6.22. The molecule has 4 nitrogen and oxygen atoms in total. The van der Waals surface area contributed by atoms with Crippen molar-refractivity contribution >= 4 is 23.2 Å². The first-order valence-electron chi connectivity index (χ1n) is 6.92. The fourth-order valence-corrected chi connectivity index (χ4v) is 2.37. The molecule has 1 aromatic heterocycles. The number of nitrogens with one attached hydrogen (secondary N) is 2. The lowest BCUT2D eigenvalue weighted by molar-refractivity contribution is 0.632. The van der Waals surface area contributed by atoms with Crippen LogP contribution in [-0.4, -0.2) is 9.97 Å². The van der Waals surface area contributed by atoms with Gasteiger partial charge in [-0.05, 0) is 25.1 Å². The van der Waals surface area contributed by atoms with Gasteiger partial charge in [0, 0.05) is 11.6 Å². The largest absolute Gasteiger partial charge is 0.323 e. The number of benzene rings is 2. The molecule has 0 saturated heterocycles. The molecule has 1 heterocycles. The van der Waals surface area contributed by atoms with E-state index in [2.05, 4.69) is 15.3 Å². The summed E-state index contributed by atoms with van der Waals surface area (Å²) in [4.78, 5) is 18.7. The molecule has 0 unspecified atom stereocenters. The van der Waals surface area contributed by atoms with Gasteiger partial charge in [-0.15, -0.1) is 0 Å². The highest BCUT2D eigenvalue weighted by Crippen LogP contribution is 2.24. The lowest BCUT2D eigenvalue weighted by atomic mass is 10.1. The van der Waals surface area contributed by atoms with E-state index in [4.69, 9.17) is 11.6 Å². The third kappa shape index (κ3) is 3.40. The van der Waals surface area contributed by atoms with E-state index in [1.165, 1.54) is 18.2 Å². The molecular formula is C17H13ClFN3O. The van der Waals surface area contributed by atoms with Crippen LogP contribution in [0.15, 0.2) is 53.3 Å². The molecule has 0 aliphatic heterocycles. The van der Waals surface area contributed by atoms with Crippen LogP contribution < -0.4 is 10.9 Å². The average Bonchev–Trinajstić information content (AvgIpc) is 2.51. The van der Waals surface area contributed by atoms with Crippen LogP contribution in [0.3, 0.4) is 0 Å². The van der Waals surface area contributed by atoms with Crippen molar-refractivity contribution in [2.45, 2.75) is 6.92 Å². The molecule has 0 atom stereocenters. The quantitative estimate of drug-likeness (QED) is 0.754. The van der Waals surface area contributed by atoms with Crippen LogP contribution in [0.2, 0.25) is 5.02 Å². The Bertz CT molecular complexity index is 924. The van der Waals surface area contributed by atoms with Gasteiger partial charge in [-0.2, -0.15) is 0 Å². The first-order valence-corrected chi connectivity index (χ1v) is 7.30. The summed E-state index contributed by atoms with van der Waals surface area (Å²) >= 11 is 5.75. The zero-order valence-corrected chi connectivity index (χ0v) is 13.0.